The molecule has 10 heteroatoms. The van der Waals surface area contributed by atoms with Crippen LogP contribution in [0.5, 0.6) is 17.2 Å². The summed E-state index contributed by atoms with van der Waals surface area (Å²) in [4.78, 5) is 17.3. The molecule has 7 rings (SSSR count). The summed E-state index contributed by atoms with van der Waals surface area (Å²) in [5.74, 6) is 4.26. The number of ether oxygens (including phenoxy) is 3. The van der Waals surface area contributed by atoms with Crippen molar-refractivity contribution in [2.75, 3.05) is 31.5 Å². The second kappa shape index (κ2) is 12.6. The van der Waals surface area contributed by atoms with Crippen molar-refractivity contribution in [1.29, 1.82) is 0 Å². The van der Waals surface area contributed by atoms with Crippen molar-refractivity contribution < 1.29 is 14.2 Å². The molecule has 0 unspecified atom stereocenters. The number of hydrogen-bond acceptors (Lipinski definition) is 9. The largest absolute Gasteiger partial charge is 0.493 e. The van der Waals surface area contributed by atoms with E-state index in [2.05, 4.69) is 52.5 Å². The Morgan fingerprint density at radius 3 is 2.28 bits per heavy atom. The van der Waals surface area contributed by atoms with Crippen LogP contribution in [0.3, 0.4) is 0 Å². The molecule has 2 aliphatic heterocycles. The molecule has 2 aliphatic rings. The first-order valence-electron chi connectivity index (χ1n) is 15.8. The van der Waals surface area contributed by atoms with Crippen LogP contribution in [0.2, 0.25) is 0 Å². The number of aliphatic imine (C=N–C) groups is 2. The minimum atomic E-state index is -0.381. The van der Waals surface area contributed by atoms with E-state index in [-0.39, 0.29) is 6.04 Å². The third-order valence-corrected chi connectivity index (χ3v) is 8.54. The summed E-state index contributed by atoms with van der Waals surface area (Å²) in [7, 11) is 4.86. The van der Waals surface area contributed by atoms with E-state index in [0.29, 0.717) is 40.6 Å². The van der Waals surface area contributed by atoms with Gasteiger partial charge in [0, 0.05) is 17.4 Å². The minimum absolute atomic E-state index is 0.381. The van der Waals surface area contributed by atoms with Crippen LogP contribution in [-0.2, 0) is 6.42 Å². The molecular weight excluding hydrogens is 590 g/mol. The molecule has 0 amide bonds. The van der Waals surface area contributed by atoms with Gasteiger partial charge in [0.25, 0.3) is 0 Å². The lowest BCUT2D eigenvalue weighted by Crippen LogP contribution is -2.46. The molecule has 0 fully saturated rings. The van der Waals surface area contributed by atoms with Gasteiger partial charge in [-0.15, -0.1) is 0 Å². The molecule has 0 saturated heterocycles. The molecule has 5 aromatic rings. The molecule has 4 heterocycles. The Hall–Kier alpha value is -5.64. The number of hydrogen-bond donors (Lipinski definition) is 1. The van der Waals surface area contributed by atoms with E-state index in [1.54, 1.807) is 32.2 Å². The number of aromatic nitrogens is 3. The Labute approximate surface area is 274 Å². The predicted octanol–water partition coefficient (Wildman–Crippen LogP) is 7.74. The van der Waals surface area contributed by atoms with E-state index in [4.69, 9.17) is 29.3 Å². The van der Waals surface area contributed by atoms with Gasteiger partial charge < -0.3 is 24.4 Å². The van der Waals surface area contributed by atoms with Gasteiger partial charge in [0.2, 0.25) is 5.75 Å². The molecule has 47 heavy (non-hydrogen) atoms. The van der Waals surface area contributed by atoms with Crippen LogP contribution in [0, 0.1) is 6.92 Å². The first kappa shape index (κ1) is 30.0. The Bertz CT molecular complexity index is 1960. The molecule has 238 valence electrons. The van der Waals surface area contributed by atoms with Gasteiger partial charge >= 0.3 is 0 Å². The van der Waals surface area contributed by atoms with Gasteiger partial charge in [-0.05, 0) is 79.4 Å². The number of pyridine rings is 1. The summed E-state index contributed by atoms with van der Waals surface area (Å²) in [6.07, 6.45) is 5.14. The topological polar surface area (TPSA) is 98.4 Å². The maximum atomic E-state index is 5.82. The number of nitrogens with zero attached hydrogens (tertiary/aromatic N) is 6. The highest BCUT2D eigenvalue weighted by atomic mass is 16.5. The van der Waals surface area contributed by atoms with Crippen LogP contribution >= 0.6 is 0 Å². The molecule has 0 radical (unpaired) electrons. The number of amidine groups is 2. The highest BCUT2D eigenvalue weighted by Crippen LogP contribution is 2.50. The fraction of sp³-hybridized carbons (Fsp3) is 0.243. The molecule has 1 atom stereocenters. The number of nitrogens with one attached hydrogen (secondary N) is 1. The summed E-state index contributed by atoms with van der Waals surface area (Å²) in [5.41, 5.74) is 6.65. The SMILES string of the molecule is CCCCc1ccc(NC2=Nc3ccccc3N3C2=Nc2c(c(C)nn2-c2ccccn2)[C@@H]3c2cc(OC)c(OC)c(OC)c2)cc1. The summed E-state index contributed by atoms with van der Waals surface area (Å²) in [6.45, 7) is 4.22. The zero-order valence-corrected chi connectivity index (χ0v) is 27.2. The Morgan fingerprint density at radius 1 is 0.851 bits per heavy atom. The molecule has 0 saturated carbocycles. The fourth-order valence-corrected chi connectivity index (χ4v) is 6.28. The van der Waals surface area contributed by atoms with Crippen LogP contribution in [-0.4, -0.2) is 47.8 Å². The highest BCUT2D eigenvalue weighted by Gasteiger charge is 2.42. The van der Waals surface area contributed by atoms with Gasteiger partial charge in [0.15, 0.2) is 34.8 Å². The van der Waals surface area contributed by atoms with E-state index in [1.807, 2.05) is 55.5 Å². The zero-order chi connectivity index (χ0) is 32.5. The lowest BCUT2D eigenvalue weighted by atomic mass is 9.92. The number of methoxy groups -OCH3 is 3. The van der Waals surface area contributed by atoms with E-state index in [0.717, 1.165) is 53.1 Å². The van der Waals surface area contributed by atoms with Gasteiger partial charge in [0.1, 0.15) is 0 Å². The average Bonchev–Trinajstić information content (AvgIpc) is 3.45. The predicted molar refractivity (Wildman–Crippen MR) is 186 cm³/mol. The zero-order valence-electron chi connectivity index (χ0n) is 27.2. The minimum Gasteiger partial charge on any atom is -0.493 e. The number of anilines is 2. The van der Waals surface area contributed by atoms with Gasteiger partial charge in [0.05, 0.1) is 44.4 Å². The smallest absolute Gasteiger partial charge is 0.203 e. The second-order valence-corrected chi connectivity index (χ2v) is 11.5. The molecule has 3 aromatic carbocycles. The quantitative estimate of drug-likeness (QED) is 0.179. The first-order valence-corrected chi connectivity index (χ1v) is 15.8. The third kappa shape index (κ3) is 5.35. The second-order valence-electron chi connectivity index (χ2n) is 11.5. The van der Waals surface area contributed by atoms with E-state index in [9.17, 15) is 0 Å². The Kier molecular flexibility index (Phi) is 8.07. The Morgan fingerprint density at radius 2 is 1.60 bits per heavy atom. The van der Waals surface area contributed by atoms with Crippen LogP contribution in [0.1, 0.15) is 48.2 Å². The van der Waals surface area contributed by atoms with Gasteiger partial charge in [-0.3, -0.25) is 0 Å². The summed E-state index contributed by atoms with van der Waals surface area (Å²) < 4.78 is 19.1. The summed E-state index contributed by atoms with van der Waals surface area (Å²) in [6, 6.07) is 26.0. The Balaban J connectivity index is 1.45. The highest BCUT2D eigenvalue weighted by molar-refractivity contribution is 6.51. The summed E-state index contributed by atoms with van der Waals surface area (Å²) in [5, 5.41) is 8.59. The van der Waals surface area contributed by atoms with E-state index in [1.165, 1.54) is 5.56 Å². The lowest BCUT2D eigenvalue weighted by Gasteiger charge is -2.40. The molecule has 0 spiro atoms. The van der Waals surface area contributed by atoms with Crippen molar-refractivity contribution in [3.05, 3.63) is 107 Å². The van der Waals surface area contributed by atoms with Gasteiger partial charge in [-0.1, -0.05) is 43.7 Å². The average molecular weight is 628 g/mol. The monoisotopic (exact) mass is 627 g/mol. The van der Waals surface area contributed by atoms with Crippen LogP contribution in [0.4, 0.5) is 22.9 Å². The van der Waals surface area contributed by atoms with E-state index >= 15 is 0 Å². The fourth-order valence-electron chi connectivity index (χ4n) is 6.28. The number of fused-ring (bicyclic) bond motifs is 4. The normalized spacial score (nSPS) is 14.7. The summed E-state index contributed by atoms with van der Waals surface area (Å²) >= 11 is 0. The van der Waals surface area contributed by atoms with Crippen molar-refractivity contribution in [3.8, 4) is 23.1 Å². The molecule has 1 N–H and O–H groups in total. The number of unbranched alkanes of at least 4 members (excludes halogenated alkanes) is 1. The van der Waals surface area contributed by atoms with Crippen molar-refractivity contribution in [3.63, 3.8) is 0 Å². The number of aryl methyl sites for hydroxylation is 2. The first-order chi connectivity index (χ1) is 23.0. The van der Waals surface area contributed by atoms with Crippen LogP contribution < -0.4 is 24.4 Å². The molecule has 2 aromatic heterocycles. The molecular formula is C37H37N7O3. The number of para-hydroxylation sites is 2. The van der Waals surface area contributed by atoms with Gasteiger partial charge in [-0.2, -0.15) is 9.78 Å². The van der Waals surface area contributed by atoms with Gasteiger partial charge in [-0.25, -0.2) is 15.0 Å². The number of rotatable bonds is 9. The van der Waals surface area contributed by atoms with E-state index < -0.39 is 0 Å². The molecule has 10 nitrogen and oxygen atoms in total. The maximum absolute atomic E-state index is 5.82. The van der Waals surface area contributed by atoms with Crippen molar-refractivity contribution in [2.45, 2.75) is 39.2 Å². The third-order valence-electron chi connectivity index (χ3n) is 8.54. The number of benzene rings is 3. The van der Waals surface area contributed by atoms with Crippen molar-refractivity contribution in [1.82, 2.24) is 14.8 Å². The van der Waals surface area contributed by atoms with Crippen molar-refractivity contribution in [2.24, 2.45) is 9.98 Å². The molecule has 0 aliphatic carbocycles. The van der Waals surface area contributed by atoms with Crippen molar-refractivity contribution >= 4 is 34.6 Å². The van der Waals surface area contributed by atoms with Crippen LogP contribution in [0.15, 0.2) is 95.0 Å². The lowest BCUT2D eigenvalue weighted by molar-refractivity contribution is 0.323. The standard InChI is InChI=1S/C37H37N7O3/c1-6-7-12-24-16-18-26(19-17-24)39-35-37-41-36-32(23(2)42-44(36)31-15-10-11-20-38-31)33(43(37)28-14-9-8-13-27(28)40-35)25-21-29(45-3)34(47-5)30(22-25)46-4/h8-11,13-22,33H,6-7,12H2,1-5H3,(H,39,40)/t33-/m0/s1. The van der Waals surface area contributed by atoms with Crippen LogP contribution in [0.25, 0.3) is 5.82 Å². The maximum Gasteiger partial charge on any atom is 0.203 e. The molecule has 0 bridgehead atoms.